The third-order valence-electron chi connectivity index (χ3n) is 4.48. The van der Waals surface area contributed by atoms with Crippen molar-refractivity contribution in [1.82, 2.24) is 4.98 Å². The number of benzene rings is 2. The molecule has 146 valence electrons. The summed E-state index contributed by atoms with van der Waals surface area (Å²) in [6, 6.07) is 11.9. The van der Waals surface area contributed by atoms with Crippen LogP contribution >= 0.6 is 11.3 Å². The minimum atomic E-state index is 0.580. The maximum atomic E-state index is 5.66. The van der Waals surface area contributed by atoms with E-state index in [1.54, 1.807) is 25.6 Å². The quantitative estimate of drug-likeness (QED) is 0.642. The molecule has 0 saturated carbocycles. The molecule has 0 fully saturated rings. The molecular formula is C21H22N2O4S. The molecule has 7 heteroatoms. The van der Waals surface area contributed by atoms with E-state index in [1.165, 1.54) is 5.56 Å². The van der Waals surface area contributed by atoms with Gasteiger partial charge in [-0.1, -0.05) is 6.07 Å². The van der Waals surface area contributed by atoms with Crippen LogP contribution in [0, 0.1) is 0 Å². The second-order valence-corrected chi connectivity index (χ2v) is 7.12. The van der Waals surface area contributed by atoms with Crippen LogP contribution in [-0.2, 0) is 6.42 Å². The van der Waals surface area contributed by atoms with E-state index >= 15 is 0 Å². The van der Waals surface area contributed by atoms with Crippen molar-refractivity contribution in [3.63, 3.8) is 0 Å². The number of hydrogen-bond donors (Lipinski definition) is 1. The van der Waals surface area contributed by atoms with Crippen molar-refractivity contribution in [2.24, 2.45) is 0 Å². The number of thiazole rings is 1. The zero-order valence-corrected chi connectivity index (χ0v) is 16.7. The highest BCUT2D eigenvalue weighted by atomic mass is 32.1. The minimum absolute atomic E-state index is 0.580. The maximum absolute atomic E-state index is 5.66. The molecule has 0 amide bonds. The van der Waals surface area contributed by atoms with Crippen LogP contribution in [0.5, 0.6) is 23.0 Å². The second-order valence-electron chi connectivity index (χ2n) is 6.26. The predicted octanol–water partition coefficient (Wildman–Crippen LogP) is 4.25. The standard InChI is InChI=1S/C21H22N2O4S/c1-24-17-5-3-14(11-19(17)25-2)7-8-22-21-23-16(13-28-21)15-4-6-18-20(12-15)27-10-9-26-18/h3-6,11-13H,7-10H2,1-2H3,(H,22,23). The monoisotopic (exact) mass is 398 g/mol. The molecule has 0 unspecified atom stereocenters. The van der Waals surface area contributed by atoms with Crippen LogP contribution in [-0.4, -0.2) is 39.0 Å². The molecule has 0 aliphatic carbocycles. The molecule has 2 aromatic carbocycles. The molecule has 0 saturated heterocycles. The summed E-state index contributed by atoms with van der Waals surface area (Å²) in [5.74, 6) is 3.05. The summed E-state index contributed by atoms with van der Waals surface area (Å²) in [5.41, 5.74) is 3.12. The Kier molecular flexibility index (Phi) is 5.53. The maximum Gasteiger partial charge on any atom is 0.183 e. The first-order chi connectivity index (χ1) is 13.8. The van der Waals surface area contributed by atoms with E-state index in [0.29, 0.717) is 13.2 Å². The number of anilines is 1. The van der Waals surface area contributed by atoms with Gasteiger partial charge in [0.25, 0.3) is 0 Å². The predicted molar refractivity (Wildman–Crippen MR) is 110 cm³/mol. The lowest BCUT2D eigenvalue weighted by Crippen LogP contribution is -2.15. The van der Waals surface area contributed by atoms with Crippen molar-refractivity contribution in [3.05, 3.63) is 47.3 Å². The number of hydrogen-bond acceptors (Lipinski definition) is 7. The van der Waals surface area contributed by atoms with Crippen molar-refractivity contribution in [2.75, 3.05) is 39.3 Å². The Morgan fingerprint density at radius 3 is 2.64 bits per heavy atom. The number of methoxy groups -OCH3 is 2. The third-order valence-corrected chi connectivity index (χ3v) is 5.28. The number of nitrogens with one attached hydrogen (secondary N) is 1. The lowest BCUT2D eigenvalue weighted by atomic mass is 10.1. The Morgan fingerprint density at radius 1 is 1.00 bits per heavy atom. The summed E-state index contributed by atoms with van der Waals surface area (Å²) in [6.07, 6.45) is 0.860. The van der Waals surface area contributed by atoms with Crippen molar-refractivity contribution < 1.29 is 18.9 Å². The summed E-state index contributed by atoms with van der Waals surface area (Å²) < 4.78 is 21.9. The topological polar surface area (TPSA) is 61.8 Å². The number of nitrogens with zero attached hydrogens (tertiary/aromatic N) is 1. The van der Waals surface area contributed by atoms with Crippen molar-refractivity contribution in [2.45, 2.75) is 6.42 Å². The lowest BCUT2D eigenvalue weighted by Gasteiger charge is -2.18. The Labute approximate surface area is 168 Å². The largest absolute Gasteiger partial charge is 0.493 e. The fourth-order valence-corrected chi connectivity index (χ4v) is 3.79. The highest BCUT2D eigenvalue weighted by Crippen LogP contribution is 2.35. The molecule has 1 aliphatic heterocycles. The first-order valence-electron chi connectivity index (χ1n) is 9.07. The Bertz CT molecular complexity index is 957. The summed E-state index contributed by atoms with van der Waals surface area (Å²) in [7, 11) is 3.29. The van der Waals surface area contributed by atoms with E-state index in [4.69, 9.17) is 18.9 Å². The van der Waals surface area contributed by atoms with Gasteiger partial charge in [0, 0.05) is 17.5 Å². The molecule has 28 heavy (non-hydrogen) atoms. The van der Waals surface area contributed by atoms with Gasteiger partial charge in [0.05, 0.1) is 19.9 Å². The van der Waals surface area contributed by atoms with Crippen molar-refractivity contribution >= 4 is 16.5 Å². The van der Waals surface area contributed by atoms with Gasteiger partial charge in [-0.05, 0) is 42.3 Å². The molecule has 0 atom stereocenters. The molecule has 6 nitrogen and oxygen atoms in total. The number of ether oxygens (including phenoxy) is 4. The molecule has 2 heterocycles. The Hall–Kier alpha value is -2.93. The van der Waals surface area contributed by atoms with E-state index in [9.17, 15) is 0 Å². The van der Waals surface area contributed by atoms with Crippen LogP contribution in [0.2, 0.25) is 0 Å². The first-order valence-corrected chi connectivity index (χ1v) is 9.95. The fourth-order valence-electron chi connectivity index (χ4n) is 3.04. The average Bonchev–Trinajstić information content (AvgIpc) is 3.22. The van der Waals surface area contributed by atoms with E-state index in [-0.39, 0.29) is 0 Å². The Morgan fingerprint density at radius 2 is 1.82 bits per heavy atom. The SMILES string of the molecule is COc1ccc(CCNc2nc(-c3ccc4c(c3)OCCO4)cs2)cc1OC. The van der Waals surface area contributed by atoms with Gasteiger partial charge in [-0.2, -0.15) is 0 Å². The van der Waals surface area contributed by atoms with Gasteiger partial charge in [0.15, 0.2) is 28.1 Å². The van der Waals surface area contributed by atoms with E-state index < -0.39 is 0 Å². The van der Waals surface area contributed by atoms with Crippen LogP contribution in [0.4, 0.5) is 5.13 Å². The fraction of sp³-hybridized carbons (Fsp3) is 0.286. The minimum Gasteiger partial charge on any atom is -0.493 e. The molecular weight excluding hydrogens is 376 g/mol. The zero-order valence-electron chi connectivity index (χ0n) is 15.9. The molecule has 0 bridgehead atoms. The number of aromatic nitrogens is 1. The van der Waals surface area contributed by atoms with Gasteiger partial charge in [0.2, 0.25) is 0 Å². The average molecular weight is 398 g/mol. The molecule has 0 radical (unpaired) electrons. The molecule has 1 aliphatic rings. The van der Waals surface area contributed by atoms with Crippen LogP contribution in [0.15, 0.2) is 41.8 Å². The number of rotatable bonds is 7. The molecule has 4 rings (SSSR count). The summed E-state index contributed by atoms with van der Waals surface area (Å²) in [5, 5.41) is 6.33. The van der Waals surface area contributed by atoms with Crippen LogP contribution in [0.3, 0.4) is 0 Å². The summed E-state index contributed by atoms with van der Waals surface area (Å²) in [6.45, 7) is 1.96. The van der Waals surface area contributed by atoms with E-state index in [0.717, 1.165) is 52.4 Å². The normalized spacial score (nSPS) is 12.5. The van der Waals surface area contributed by atoms with Gasteiger partial charge in [-0.15, -0.1) is 11.3 Å². The molecule has 1 N–H and O–H groups in total. The molecule has 1 aromatic heterocycles. The summed E-state index contributed by atoms with van der Waals surface area (Å²) in [4.78, 5) is 4.69. The lowest BCUT2D eigenvalue weighted by molar-refractivity contribution is 0.171. The van der Waals surface area contributed by atoms with Gasteiger partial charge in [0.1, 0.15) is 13.2 Å². The van der Waals surface area contributed by atoms with Crippen molar-refractivity contribution in [1.29, 1.82) is 0 Å². The molecule has 3 aromatic rings. The van der Waals surface area contributed by atoms with Gasteiger partial charge in [-0.25, -0.2) is 4.98 Å². The smallest absolute Gasteiger partial charge is 0.183 e. The van der Waals surface area contributed by atoms with Crippen LogP contribution < -0.4 is 24.3 Å². The van der Waals surface area contributed by atoms with E-state index in [2.05, 4.69) is 10.3 Å². The van der Waals surface area contributed by atoms with E-state index in [1.807, 2.05) is 41.8 Å². The third kappa shape index (κ3) is 3.99. The van der Waals surface area contributed by atoms with Gasteiger partial charge < -0.3 is 24.3 Å². The second kappa shape index (κ2) is 8.39. The van der Waals surface area contributed by atoms with Crippen molar-refractivity contribution in [3.8, 4) is 34.3 Å². The van der Waals surface area contributed by atoms with Gasteiger partial charge >= 0.3 is 0 Å². The highest BCUT2D eigenvalue weighted by Gasteiger charge is 2.14. The van der Waals surface area contributed by atoms with Crippen LogP contribution in [0.25, 0.3) is 11.3 Å². The van der Waals surface area contributed by atoms with Crippen LogP contribution in [0.1, 0.15) is 5.56 Å². The molecule has 0 spiro atoms. The summed E-state index contributed by atoms with van der Waals surface area (Å²) >= 11 is 1.59. The first kappa shape index (κ1) is 18.4. The van der Waals surface area contributed by atoms with Gasteiger partial charge in [-0.3, -0.25) is 0 Å². The zero-order chi connectivity index (χ0) is 19.3. The highest BCUT2D eigenvalue weighted by molar-refractivity contribution is 7.14. The Balaban J connectivity index is 1.38. The number of fused-ring (bicyclic) bond motifs is 1.